The molecule has 3 rings (SSSR count). The predicted molar refractivity (Wildman–Crippen MR) is 228 cm³/mol. The lowest BCUT2D eigenvalue weighted by Crippen LogP contribution is -2.47. The monoisotopic (exact) mass is 749 g/mol. The molecule has 0 unspecified atom stereocenters. The molecule has 1 heterocycles. The summed E-state index contributed by atoms with van der Waals surface area (Å²) in [7, 11) is 0. The van der Waals surface area contributed by atoms with Crippen LogP contribution in [-0.4, -0.2) is 73.4 Å². The summed E-state index contributed by atoms with van der Waals surface area (Å²) < 4.78 is 12.0. The molecule has 0 aromatic heterocycles. The van der Waals surface area contributed by atoms with Gasteiger partial charge in [0.1, 0.15) is 12.4 Å². The van der Waals surface area contributed by atoms with Gasteiger partial charge in [-0.05, 0) is 66.6 Å². The van der Waals surface area contributed by atoms with E-state index >= 15 is 0 Å². The zero-order valence-electron chi connectivity index (χ0n) is 34.9. The number of rotatable bonds is 33. The Morgan fingerprint density at radius 2 is 1.09 bits per heavy atom. The highest BCUT2D eigenvalue weighted by molar-refractivity contribution is 5.69. The van der Waals surface area contributed by atoms with Crippen LogP contribution >= 0.6 is 0 Å². The first-order chi connectivity index (χ1) is 26.6. The molecule has 6 nitrogen and oxygen atoms in total. The van der Waals surface area contributed by atoms with Crippen molar-refractivity contribution in [2.45, 2.75) is 175 Å². The summed E-state index contributed by atoms with van der Waals surface area (Å²) >= 11 is 0. The smallest absolute Gasteiger partial charge is 0.306 e. The first-order valence-corrected chi connectivity index (χ1v) is 22.7. The highest BCUT2D eigenvalue weighted by Gasteiger charge is 2.16. The van der Waals surface area contributed by atoms with Crippen molar-refractivity contribution in [2.75, 3.05) is 52.5 Å². The second-order valence-electron chi connectivity index (χ2n) is 16.0. The number of piperazine rings is 1. The van der Waals surface area contributed by atoms with Crippen LogP contribution in [0.2, 0.25) is 0 Å². The van der Waals surface area contributed by atoms with E-state index < -0.39 is 0 Å². The van der Waals surface area contributed by atoms with Gasteiger partial charge in [0.25, 0.3) is 0 Å². The number of carbonyl (C=O) groups is 1. The highest BCUT2D eigenvalue weighted by atomic mass is 16.5. The summed E-state index contributed by atoms with van der Waals surface area (Å²) in [4.78, 5) is 17.2. The van der Waals surface area contributed by atoms with Gasteiger partial charge in [-0.1, -0.05) is 166 Å². The van der Waals surface area contributed by atoms with Crippen LogP contribution in [-0.2, 0) is 22.6 Å². The maximum atomic E-state index is 12.5. The number of hydrogen-bond donors (Lipinski definition) is 1. The van der Waals surface area contributed by atoms with E-state index in [4.69, 9.17) is 14.6 Å². The molecule has 1 N–H and O–H groups in total. The zero-order chi connectivity index (χ0) is 38.3. The maximum Gasteiger partial charge on any atom is 0.306 e. The van der Waals surface area contributed by atoms with Crippen molar-refractivity contribution in [3.63, 3.8) is 0 Å². The van der Waals surface area contributed by atoms with Gasteiger partial charge in [-0.25, -0.2) is 0 Å². The number of aryl methyl sites for hydroxylation is 1. The van der Waals surface area contributed by atoms with Crippen molar-refractivity contribution in [1.82, 2.24) is 9.80 Å². The van der Waals surface area contributed by atoms with Crippen LogP contribution in [0.15, 0.2) is 42.5 Å². The molecule has 54 heavy (non-hydrogen) atoms. The summed E-state index contributed by atoms with van der Waals surface area (Å²) in [6.45, 7) is 11.5. The summed E-state index contributed by atoms with van der Waals surface area (Å²) in [5, 5.41) is 9.14. The number of hydrogen-bond acceptors (Lipinski definition) is 6. The molecule has 0 atom stereocenters. The quantitative estimate of drug-likeness (QED) is 0.0579. The van der Waals surface area contributed by atoms with E-state index in [9.17, 15) is 4.79 Å². The van der Waals surface area contributed by atoms with Gasteiger partial charge < -0.3 is 19.5 Å². The van der Waals surface area contributed by atoms with Gasteiger partial charge in [-0.2, -0.15) is 0 Å². The van der Waals surface area contributed by atoms with Gasteiger partial charge in [0, 0.05) is 39.1 Å². The Bertz CT molecular complexity index is 1190. The number of ether oxygens (including phenoxy) is 2. The molecule has 1 fully saturated rings. The fourth-order valence-corrected chi connectivity index (χ4v) is 7.68. The molecule has 0 amide bonds. The topological polar surface area (TPSA) is 62.2 Å². The Morgan fingerprint density at radius 3 is 1.65 bits per heavy atom. The van der Waals surface area contributed by atoms with Crippen LogP contribution in [0.4, 0.5) is 0 Å². The van der Waals surface area contributed by atoms with Crippen LogP contribution in [0, 0.1) is 0 Å². The fraction of sp³-hybridized carbons (Fsp3) is 0.729. The minimum atomic E-state index is -0.128. The molecule has 0 aliphatic carbocycles. The second-order valence-corrected chi connectivity index (χ2v) is 16.0. The van der Waals surface area contributed by atoms with Gasteiger partial charge in [0.15, 0.2) is 0 Å². The number of β-amino-alcohol motifs (C(OH)–C–C–N with tert-alkyl or cyclic N) is 1. The Kier molecular flexibility index (Phi) is 26.2. The fourth-order valence-electron chi connectivity index (χ4n) is 7.68. The molecule has 306 valence electrons. The van der Waals surface area contributed by atoms with Crippen molar-refractivity contribution >= 4 is 5.97 Å². The molecule has 2 aromatic carbocycles. The summed E-state index contributed by atoms with van der Waals surface area (Å²) in [5.74, 6) is 0.863. The average molecular weight is 749 g/mol. The summed E-state index contributed by atoms with van der Waals surface area (Å²) in [5.41, 5.74) is 4.76. The normalized spacial score (nSPS) is 13.8. The molecule has 6 heteroatoms. The zero-order valence-corrected chi connectivity index (χ0v) is 34.9. The van der Waals surface area contributed by atoms with E-state index in [1.807, 2.05) is 0 Å². The lowest BCUT2D eigenvalue weighted by Gasteiger charge is -2.34. The summed E-state index contributed by atoms with van der Waals surface area (Å²) in [6, 6.07) is 15.3. The minimum Gasteiger partial charge on any atom is -0.494 e. The molecule has 1 aliphatic heterocycles. The predicted octanol–water partition coefficient (Wildman–Crippen LogP) is 11.9. The van der Waals surface area contributed by atoms with Gasteiger partial charge in [-0.3, -0.25) is 9.69 Å². The first kappa shape index (κ1) is 46.0. The third-order valence-corrected chi connectivity index (χ3v) is 11.2. The second kappa shape index (κ2) is 30.8. The third kappa shape index (κ3) is 21.6. The van der Waals surface area contributed by atoms with E-state index in [1.54, 1.807) is 0 Å². The average Bonchev–Trinajstić information content (AvgIpc) is 3.19. The van der Waals surface area contributed by atoms with Gasteiger partial charge in [0.2, 0.25) is 0 Å². The SMILES string of the molecule is CCCCCCCCCCCCCCCc1cc(OCCCCCCCCCC)cc(-c2ccc(COC(=O)CCCN3CCN(CCO)CC3)cc2)c1. The van der Waals surface area contributed by atoms with Crippen molar-refractivity contribution in [2.24, 2.45) is 0 Å². The Hall–Kier alpha value is -2.41. The maximum absolute atomic E-state index is 12.5. The van der Waals surface area contributed by atoms with Crippen LogP contribution in [0.5, 0.6) is 5.75 Å². The molecule has 0 bridgehead atoms. The number of esters is 1. The van der Waals surface area contributed by atoms with Crippen LogP contribution < -0.4 is 4.74 Å². The van der Waals surface area contributed by atoms with Gasteiger partial charge in [-0.15, -0.1) is 0 Å². The van der Waals surface area contributed by atoms with Crippen molar-refractivity contribution in [1.29, 1.82) is 0 Å². The highest BCUT2D eigenvalue weighted by Crippen LogP contribution is 2.28. The van der Waals surface area contributed by atoms with Crippen molar-refractivity contribution in [3.05, 3.63) is 53.6 Å². The molecule has 0 spiro atoms. The number of carbonyl (C=O) groups excluding carboxylic acids is 1. The standard InChI is InChI=1S/C48H80N2O4/c1-3-5-7-9-11-13-14-15-16-17-18-20-22-25-44-39-46(41-47(40-44)53-38-23-21-19-12-10-8-6-4-2)45-29-27-43(28-30-45)42-54-48(52)26-24-31-49-32-34-50(35-33-49)36-37-51/h27-30,39-41,51H,3-26,31-38,42H2,1-2H3. The van der Waals surface area contributed by atoms with E-state index in [1.165, 1.54) is 145 Å². The summed E-state index contributed by atoms with van der Waals surface area (Å²) in [6.07, 6.45) is 30.7. The van der Waals surface area contributed by atoms with Crippen LogP contribution in [0.1, 0.15) is 173 Å². The first-order valence-electron chi connectivity index (χ1n) is 22.7. The number of nitrogens with zero attached hydrogens (tertiary/aromatic N) is 2. The molecule has 0 radical (unpaired) electrons. The number of aliphatic hydroxyl groups is 1. The van der Waals surface area contributed by atoms with Gasteiger partial charge in [0.05, 0.1) is 13.2 Å². The largest absolute Gasteiger partial charge is 0.494 e. The molecule has 1 aliphatic rings. The Labute approximate surface area is 331 Å². The lowest BCUT2D eigenvalue weighted by atomic mass is 9.98. The third-order valence-electron chi connectivity index (χ3n) is 11.2. The Balaban J connectivity index is 1.42. The van der Waals surface area contributed by atoms with E-state index in [-0.39, 0.29) is 12.6 Å². The minimum absolute atomic E-state index is 0.128. The van der Waals surface area contributed by atoms with Crippen molar-refractivity contribution in [3.8, 4) is 16.9 Å². The molecule has 1 saturated heterocycles. The van der Waals surface area contributed by atoms with Crippen LogP contribution in [0.25, 0.3) is 11.1 Å². The lowest BCUT2D eigenvalue weighted by molar-refractivity contribution is -0.145. The number of aliphatic hydroxyl groups excluding tert-OH is 1. The molecular formula is C48H80N2O4. The van der Waals surface area contributed by atoms with Crippen molar-refractivity contribution < 1.29 is 19.4 Å². The molecule has 0 saturated carbocycles. The number of benzene rings is 2. The molecule has 2 aromatic rings. The molecular weight excluding hydrogens is 669 g/mol. The van der Waals surface area contributed by atoms with Gasteiger partial charge >= 0.3 is 5.97 Å². The van der Waals surface area contributed by atoms with Crippen LogP contribution in [0.3, 0.4) is 0 Å². The Morgan fingerprint density at radius 1 is 0.574 bits per heavy atom. The van der Waals surface area contributed by atoms with E-state index in [0.717, 1.165) is 76.5 Å². The number of unbranched alkanes of at least 4 members (excludes halogenated alkanes) is 19. The van der Waals surface area contributed by atoms with E-state index in [2.05, 4.69) is 66.1 Å². The van der Waals surface area contributed by atoms with E-state index in [0.29, 0.717) is 13.0 Å².